The third kappa shape index (κ3) is 2.80. The quantitative estimate of drug-likeness (QED) is 0.499. The molecule has 0 atom stereocenters. The smallest absolute Gasteiger partial charge is 0.294 e. The first-order chi connectivity index (χ1) is 7.36. The van der Waals surface area contributed by atoms with Crippen molar-refractivity contribution >= 4 is 22.2 Å². The van der Waals surface area contributed by atoms with E-state index in [0.29, 0.717) is 16.8 Å². The van der Waals surface area contributed by atoms with Crippen molar-refractivity contribution in [3.63, 3.8) is 0 Å². The van der Waals surface area contributed by atoms with Gasteiger partial charge in [0.2, 0.25) is 0 Å². The first-order valence-corrected chi connectivity index (χ1v) is 5.94. The number of ether oxygens (including phenoxy) is 1. The summed E-state index contributed by atoms with van der Waals surface area (Å²) in [5.41, 5.74) is 1.69. The van der Waals surface area contributed by atoms with E-state index in [-0.39, 0.29) is 4.90 Å². The van der Waals surface area contributed by atoms with Crippen molar-refractivity contribution in [3.05, 3.63) is 23.3 Å². The second-order valence-corrected chi connectivity index (χ2v) is 4.74. The largest absolute Gasteiger partial charge is 0.486 e. The minimum absolute atomic E-state index is 0.0960. The number of methoxy groups -OCH3 is 1. The third-order valence-electron chi connectivity index (χ3n) is 2.07. The van der Waals surface area contributed by atoms with Gasteiger partial charge in [0.15, 0.2) is 6.40 Å². The highest BCUT2D eigenvalue weighted by molar-refractivity contribution is 7.85. The van der Waals surface area contributed by atoms with Crippen molar-refractivity contribution in [2.24, 2.45) is 4.99 Å². The molecule has 0 saturated carbocycles. The Bertz CT molecular complexity index is 520. The average molecular weight is 243 g/mol. The summed E-state index contributed by atoms with van der Waals surface area (Å²) in [7, 11) is -2.71. The number of hydrogen-bond acceptors (Lipinski definition) is 4. The number of hydrogen-bond donors (Lipinski definition) is 1. The topological polar surface area (TPSA) is 76.0 Å². The molecule has 6 heteroatoms. The fraction of sp³-hybridized carbons (Fsp3) is 0.300. The molecule has 88 valence electrons. The fourth-order valence-electron chi connectivity index (χ4n) is 1.30. The summed E-state index contributed by atoms with van der Waals surface area (Å²) in [4.78, 5) is 3.89. The lowest BCUT2D eigenvalue weighted by Gasteiger charge is -2.06. The van der Waals surface area contributed by atoms with E-state index in [1.54, 1.807) is 19.9 Å². The molecule has 0 aliphatic heterocycles. The fourth-order valence-corrected chi connectivity index (χ4v) is 2.09. The lowest BCUT2D eigenvalue weighted by molar-refractivity contribution is 0.423. The van der Waals surface area contributed by atoms with Crippen LogP contribution in [0.25, 0.3) is 0 Å². The molecule has 0 unspecified atom stereocenters. The lowest BCUT2D eigenvalue weighted by Crippen LogP contribution is -2.01. The molecule has 1 N–H and O–H groups in total. The van der Waals surface area contributed by atoms with Crippen LogP contribution in [0.5, 0.6) is 0 Å². The molecule has 0 fully saturated rings. The van der Waals surface area contributed by atoms with Crippen LogP contribution in [0.3, 0.4) is 0 Å². The van der Waals surface area contributed by atoms with Gasteiger partial charge in [-0.1, -0.05) is 0 Å². The first kappa shape index (κ1) is 12.7. The Morgan fingerprint density at radius 1 is 1.31 bits per heavy atom. The molecule has 5 nitrogen and oxygen atoms in total. The zero-order chi connectivity index (χ0) is 12.3. The monoisotopic (exact) mass is 243 g/mol. The molecule has 0 radical (unpaired) electrons. The Balaban J connectivity index is 3.33. The minimum atomic E-state index is -4.18. The van der Waals surface area contributed by atoms with Crippen molar-refractivity contribution < 1.29 is 17.7 Å². The van der Waals surface area contributed by atoms with Gasteiger partial charge in [0.1, 0.15) is 0 Å². The molecule has 0 aliphatic carbocycles. The maximum atomic E-state index is 11.0. The molecule has 0 aromatic heterocycles. The van der Waals surface area contributed by atoms with E-state index in [2.05, 4.69) is 9.73 Å². The lowest BCUT2D eigenvalue weighted by atomic mass is 10.1. The van der Waals surface area contributed by atoms with E-state index in [1.807, 2.05) is 0 Å². The molecule has 0 saturated heterocycles. The molecule has 0 bridgehead atoms. The van der Waals surface area contributed by atoms with E-state index in [9.17, 15) is 8.42 Å². The van der Waals surface area contributed by atoms with Crippen molar-refractivity contribution in [1.29, 1.82) is 0 Å². The average Bonchev–Trinajstić information content (AvgIpc) is 2.17. The normalized spacial score (nSPS) is 12.0. The van der Waals surface area contributed by atoms with Gasteiger partial charge < -0.3 is 4.74 Å². The van der Waals surface area contributed by atoms with Crippen molar-refractivity contribution in [2.45, 2.75) is 18.7 Å². The molecule has 1 aromatic carbocycles. The Labute approximate surface area is 94.5 Å². The molecule has 0 aliphatic rings. The number of aliphatic imine (C=N–C) groups is 1. The molecule has 0 amide bonds. The first-order valence-electron chi connectivity index (χ1n) is 4.50. The van der Waals surface area contributed by atoms with E-state index in [0.717, 1.165) is 0 Å². The van der Waals surface area contributed by atoms with Gasteiger partial charge in [-0.05, 0) is 37.1 Å². The number of rotatable bonds is 3. The summed E-state index contributed by atoms with van der Waals surface area (Å²) in [5.74, 6) is 0. The summed E-state index contributed by atoms with van der Waals surface area (Å²) in [6.45, 7) is 3.30. The van der Waals surface area contributed by atoms with Crippen LogP contribution >= 0.6 is 0 Å². The van der Waals surface area contributed by atoms with Crippen LogP contribution in [0, 0.1) is 13.8 Å². The van der Waals surface area contributed by atoms with Crippen LogP contribution in [0.4, 0.5) is 5.69 Å². The summed E-state index contributed by atoms with van der Waals surface area (Å²) in [6.07, 6.45) is 1.26. The SMILES string of the molecule is COC=Nc1cc(C)c(S(=O)(=O)O)cc1C. The summed E-state index contributed by atoms with van der Waals surface area (Å²) in [5, 5.41) is 0. The van der Waals surface area contributed by atoms with E-state index in [1.165, 1.54) is 19.6 Å². The summed E-state index contributed by atoms with van der Waals surface area (Å²) < 4.78 is 35.7. The molecular formula is C10H13NO4S. The molecule has 0 heterocycles. The Kier molecular flexibility index (Phi) is 3.66. The van der Waals surface area contributed by atoms with Gasteiger partial charge in [-0.2, -0.15) is 8.42 Å². The predicted octanol–water partition coefficient (Wildman–Crippen LogP) is 1.86. The highest BCUT2D eigenvalue weighted by Crippen LogP contribution is 2.25. The number of benzene rings is 1. The highest BCUT2D eigenvalue weighted by Gasteiger charge is 2.14. The van der Waals surface area contributed by atoms with Gasteiger partial charge in [0.25, 0.3) is 10.1 Å². The van der Waals surface area contributed by atoms with Gasteiger partial charge in [0, 0.05) is 0 Å². The summed E-state index contributed by atoms with van der Waals surface area (Å²) in [6, 6.07) is 2.96. The Morgan fingerprint density at radius 3 is 2.44 bits per heavy atom. The molecule has 1 aromatic rings. The van der Waals surface area contributed by atoms with Gasteiger partial charge in [-0.25, -0.2) is 4.99 Å². The van der Waals surface area contributed by atoms with E-state index >= 15 is 0 Å². The predicted molar refractivity (Wildman–Crippen MR) is 60.9 cm³/mol. The van der Waals surface area contributed by atoms with Gasteiger partial charge >= 0.3 is 0 Å². The van der Waals surface area contributed by atoms with E-state index < -0.39 is 10.1 Å². The number of nitrogens with zero attached hydrogens (tertiary/aromatic N) is 1. The minimum Gasteiger partial charge on any atom is -0.486 e. The Hall–Kier alpha value is -1.40. The van der Waals surface area contributed by atoms with Gasteiger partial charge in [0.05, 0.1) is 17.7 Å². The Morgan fingerprint density at radius 2 is 1.94 bits per heavy atom. The molecular weight excluding hydrogens is 230 g/mol. The highest BCUT2D eigenvalue weighted by atomic mass is 32.2. The van der Waals surface area contributed by atoms with Crippen LogP contribution in [0.2, 0.25) is 0 Å². The number of aryl methyl sites for hydroxylation is 2. The van der Waals surface area contributed by atoms with Crippen LogP contribution in [0.1, 0.15) is 11.1 Å². The van der Waals surface area contributed by atoms with Crippen molar-refractivity contribution in [2.75, 3.05) is 7.11 Å². The maximum Gasteiger partial charge on any atom is 0.294 e. The standard InChI is InChI=1S/C10H13NO4S/c1-7-5-10(16(12,13)14)8(2)4-9(7)11-6-15-3/h4-6H,1-3H3,(H,12,13,14). The summed E-state index contributed by atoms with van der Waals surface area (Å²) >= 11 is 0. The van der Waals surface area contributed by atoms with Crippen LogP contribution in [-0.2, 0) is 14.9 Å². The van der Waals surface area contributed by atoms with Crippen molar-refractivity contribution in [3.8, 4) is 0 Å². The maximum absolute atomic E-state index is 11.0. The second-order valence-electron chi connectivity index (χ2n) is 3.35. The van der Waals surface area contributed by atoms with Crippen LogP contribution in [-0.4, -0.2) is 26.5 Å². The van der Waals surface area contributed by atoms with Gasteiger partial charge in [-0.15, -0.1) is 0 Å². The zero-order valence-corrected chi connectivity index (χ0v) is 10.1. The molecule has 0 spiro atoms. The molecule has 1 rings (SSSR count). The van der Waals surface area contributed by atoms with E-state index in [4.69, 9.17) is 4.55 Å². The zero-order valence-electron chi connectivity index (χ0n) is 9.26. The second kappa shape index (κ2) is 4.63. The van der Waals surface area contributed by atoms with Crippen molar-refractivity contribution in [1.82, 2.24) is 0 Å². The molecule has 16 heavy (non-hydrogen) atoms. The van der Waals surface area contributed by atoms with Crippen LogP contribution < -0.4 is 0 Å². The van der Waals surface area contributed by atoms with Crippen LogP contribution in [0.15, 0.2) is 22.0 Å². The third-order valence-corrected chi connectivity index (χ3v) is 3.06. The van der Waals surface area contributed by atoms with Gasteiger partial charge in [-0.3, -0.25) is 4.55 Å².